The van der Waals surface area contributed by atoms with Crippen LogP contribution in [-0.2, 0) is 15.7 Å². The third-order valence-electron chi connectivity index (χ3n) is 1.71. The van der Waals surface area contributed by atoms with Crippen molar-refractivity contribution < 1.29 is 14.1 Å². The van der Waals surface area contributed by atoms with Crippen LogP contribution < -0.4 is 0 Å². The summed E-state index contributed by atoms with van der Waals surface area (Å²) < 4.78 is 17.9. The molecule has 1 fully saturated rings. The highest BCUT2D eigenvalue weighted by molar-refractivity contribution is 7.81. The minimum absolute atomic E-state index is 0.0135. The number of nitrogens with zero attached hydrogens (tertiary/aromatic N) is 1. The molecular weight excluding hydrogens is 166 g/mol. The van der Waals surface area contributed by atoms with E-state index in [0.717, 1.165) is 0 Å². The summed E-state index contributed by atoms with van der Waals surface area (Å²) >= 11 is 0. The maximum absolute atomic E-state index is 11.0. The zero-order valence-corrected chi connectivity index (χ0v) is 7.34. The summed E-state index contributed by atoms with van der Waals surface area (Å²) in [4.78, 5) is 0. The molecule has 0 saturated carbocycles. The van der Waals surface area contributed by atoms with Gasteiger partial charge >= 0.3 is 0 Å². The Morgan fingerprint density at radius 3 is 3.00 bits per heavy atom. The SMILES string of the molecule is CS(=O)N1CCOCC1CO. The number of morpholine rings is 1. The summed E-state index contributed by atoms with van der Waals surface area (Å²) in [5.74, 6) is 0. The lowest BCUT2D eigenvalue weighted by Crippen LogP contribution is -2.47. The van der Waals surface area contributed by atoms with Crippen LogP contribution in [0.1, 0.15) is 0 Å². The topological polar surface area (TPSA) is 49.8 Å². The zero-order valence-electron chi connectivity index (χ0n) is 6.52. The van der Waals surface area contributed by atoms with Crippen LogP contribution >= 0.6 is 0 Å². The van der Waals surface area contributed by atoms with Crippen molar-refractivity contribution in [3.05, 3.63) is 0 Å². The third kappa shape index (κ3) is 2.23. The zero-order chi connectivity index (χ0) is 8.27. The van der Waals surface area contributed by atoms with Crippen LogP contribution in [0, 0.1) is 0 Å². The van der Waals surface area contributed by atoms with Gasteiger partial charge < -0.3 is 9.84 Å². The van der Waals surface area contributed by atoms with Gasteiger partial charge in [0.2, 0.25) is 0 Å². The highest BCUT2D eigenvalue weighted by atomic mass is 32.2. The maximum Gasteiger partial charge on any atom is 0.0915 e. The van der Waals surface area contributed by atoms with Crippen LogP contribution in [0.15, 0.2) is 0 Å². The highest BCUT2D eigenvalue weighted by Crippen LogP contribution is 2.07. The second-order valence-electron chi connectivity index (χ2n) is 2.48. The molecule has 2 unspecified atom stereocenters. The Kier molecular flexibility index (Phi) is 3.45. The van der Waals surface area contributed by atoms with Crippen molar-refractivity contribution in [1.29, 1.82) is 0 Å². The largest absolute Gasteiger partial charge is 0.395 e. The minimum atomic E-state index is -0.989. The van der Waals surface area contributed by atoms with Crippen LogP contribution in [0.4, 0.5) is 0 Å². The molecule has 0 bridgehead atoms. The van der Waals surface area contributed by atoms with Gasteiger partial charge in [-0.1, -0.05) is 0 Å². The van der Waals surface area contributed by atoms with E-state index >= 15 is 0 Å². The summed E-state index contributed by atoms with van der Waals surface area (Å²) in [5.41, 5.74) is 0. The molecule has 66 valence electrons. The van der Waals surface area contributed by atoms with Crippen LogP contribution in [-0.4, -0.2) is 52.3 Å². The van der Waals surface area contributed by atoms with E-state index in [1.165, 1.54) is 0 Å². The van der Waals surface area contributed by atoms with Gasteiger partial charge in [0.15, 0.2) is 0 Å². The van der Waals surface area contributed by atoms with Crippen LogP contribution in [0.2, 0.25) is 0 Å². The molecule has 1 aliphatic rings. The van der Waals surface area contributed by atoms with Crippen LogP contribution in [0.5, 0.6) is 0 Å². The molecule has 0 radical (unpaired) electrons. The number of hydrogen-bond acceptors (Lipinski definition) is 3. The van der Waals surface area contributed by atoms with Gasteiger partial charge in [-0.3, -0.25) is 0 Å². The predicted octanol–water partition coefficient (Wildman–Crippen LogP) is -1.03. The highest BCUT2D eigenvalue weighted by Gasteiger charge is 2.24. The van der Waals surface area contributed by atoms with Crippen molar-refractivity contribution in [2.75, 3.05) is 32.6 Å². The van der Waals surface area contributed by atoms with Crippen molar-refractivity contribution in [1.82, 2.24) is 4.31 Å². The van der Waals surface area contributed by atoms with Gasteiger partial charge in [0, 0.05) is 12.8 Å². The lowest BCUT2D eigenvalue weighted by atomic mass is 10.3. The van der Waals surface area contributed by atoms with Gasteiger partial charge in [-0.2, -0.15) is 0 Å². The van der Waals surface area contributed by atoms with Crippen molar-refractivity contribution in [3.63, 3.8) is 0 Å². The minimum Gasteiger partial charge on any atom is -0.395 e. The molecule has 2 atom stereocenters. The first-order chi connectivity index (χ1) is 5.25. The molecule has 4 nitrogen and oxygen atoms in total. The molecular formula is C6H13NO3S. The molecule has 1 saturated heterocycles. The van der Waals surface area contributed by atoms with Crippen molar-refractivity contribution >= 4 is 11.0 Å². The summed E-state index contributed by atoms with van der Waals surface area (Å²) in [6.45, 7) is 1.75. The van der Waals surface area contributed by atoms with E-state index in [1.807, 2.05) is 0 Å². The fourth-order valence-corrected chi connectivity index (χ4v) is 2.00. The van der Waals surface area contributed by atoms with Crippen LogP contribution in [0.25, 0.3) is 0 Å². The second-order valence-corrected chi connectivity index (χ2v) is 3.79. The van der Waals surface area contributed by atoms with Gasteiger partial charge in [0.05, 0.1) is 36.8 Å². The molecule has 0 aromatic heterocycles. The Balaban J connectivity index is 2.51. The Morgan fingerprint density at radius 1 is 1.82 bits per heavy atom. The van der Waals surface area contributed by atoms with E-state index in [1.54, 1.807) is 10.6 Å². The number of aliphatic hydroxyl groups is 1. The van der Waals surface area contributed by atoms with E-state index in [2.05, 4.69) is 0 Å². The Morgan fingerprint density at radius 2 is 2.55 bits per heavy atom. The van der Waals surface area contributed by atoms with E-state index < -0.39 is 11.0 Å². The van der Waals surface area contributed by atoms with Crippen molar-refractivity contribution in [2.24, 2.45) is 0 Å². The Hall–Kier alpha value is 0.0300. The third-order valence-corrected chi connectivity index (χ3v) is 2.86. The van der Waals surface area contributed by atoms with Gasteiger partial charge in [0.1, 0.15) is 0 Å². The van der Waals surface area contributed by atoms with E-state index in [4.69, 9.17) is 9.84 Å². The lowest BCUT2D eigenvalue weighted by molar-refractivity contribution is 0.0134. The molecule has 0 aromatic rings. The smallest absolute Gasteiger partial charge is 0.0915 e. The predicted molar refractivity (Wildman–Crippen MR) is 42.5 cm³/mol. The average molecular weight is 179 g/mol. The van der Waals surface area contributed by atoms with E-state index in [9.17, 15) is 4.21 Å². The molecule has 1 aliphatic heterocycles. The first-order valence-electron chi connectivity index (χ1n) is 3.54. The number of aliphatic hydroxyl groups excluding tert-OH is 1. The molecule has 0 spiro atoms. The van der Waals surface area contributed by atoms with Gasteiger partial charge in [-0.25, -0.2) is 8.51 Å². The molecule has 1 heterocycles. The van der Waals surface area contributed by atoms with Gasteiger partial charge in [-0.15, -0.1) is 0 Å². The first-order valence-corrected chi connectivity index (χ1v) is 5.06. The first kappa shape index (κ1) is 9.12. The van der Waals surface area contributed by atoms with Crippen molar-refractivity contribution in [2.45, 2.75) is 6.04 Å². The van der Waals surface area contributed by atoms with E-state index in [0.29, 0.717) is 19.8 Å². The average Bonchev–Trinajstić information content (AvgIpc) is 2.04. The standard InChI is InChI=1S/C6H13NO3S/c1-11(9)7-2-3-10-5-6(7)4-8/h6,8H,2-5H2,1H3. The fourth-order valence-electron chi connectivity index (χ4n) is 1.12. The summed E-state index contributed by atoms with van der Waals surface area (Å²) in [7, 11) is -0.989. The quantitative estimate of drug-likeness (QED) is 0.590. The Labute approximate surface area is 68.7 Å². The number of hydrogen-bond donors (Lipinski definition) is 1. The lowest BCUT2D eigenvalue weighted by Gasteiger charge is -2.31. The molecule has 1 rings (SSSR count). The fraction of sp³-hybridized carbons (Fsp3) is 1.00. The molecule has 11 heavy (non-hydrogen) atoms. The summed E-state index contributed by atoms with van der Waals surface area (Å²) in [6.07, 6.45) is 1.62. The summed E-state index contributed by atoms with van der Waals surface area (Å²) in [6, 6.07) is -0.0883. The van der Waals surface area contributed by atoms with Crippen molar-refractivity contribution in [3.8, 4) is 0 Å². The number of rotatable bonds is 2. The monoisotopic (exact) mass is 179 g/mol. The molecule has 1 N–H and O–H groups in total. The molecule has 0 amide bonds. The van der Waals surface area contributed by atoms with Gasteiger partial charge in [0.25, 0.3) is 0 Å². The van der Waals surface area contributed by atoms with E-state index in [-0.39, 0.29) is 12.6 Å². The second kappa shape index (κ2) is 4.15. The molecule has 0 aliphatic carbocycles. The van der Waals surface area contributed by atoms with Gasteiger partial charge in [-0.05, 0) is 0 Å². The Bertz CT molecular complexity index is 153. The summed E-state index contributed by atoms with van der Waals surface area (Å²) in [5, 5.41) is 8.85. The molecule has 5 heteroatoms. The maximum atomic E-state index is 11.0. The number of ether oxygens (including phenoxy) is 1. The van der Waals surface area contributed by atoms with Crippen LogP contribution in [0.3, 0.4) is 0 Å². The normalized spacial score (nSPS) is 30.2. The molecule has 0 aromatic carbocycles.